The van der Waals surface area contributed by atoms with Crippen molar-refractivity contribution < 1.29 is 9.50 Å². The fourth-order valence-electron chi connectivity index (χ4n) is 5.08. The third-order valence-corrected chi connectivity index (χ3v) is 7.15. The Morgan fingerprint density at radius 1 is 0.848 bits per heavy atom. The highest BCUT2D eigenvalue weighted by atomic mass is 19.1. The maximum atomic E-state index is 15.4. The van der Waals surface area contributed by atoms with E-state index in [2.05, 4.69) is 52.8 Å². The van der Waals surface area contributed by atoms with Gasteiger partial charge < -0.3 is 5.11 Å². The highest BCUT2D eigenvalue weighted by Gasteiger charge is 2.31. The molecule has 0 aromatic heterocycles. The molecule has 1 unspecified atom stereocenters. The molecule has 2 heteroatoms. The molecular formula is C31H41FO. The summed E-state index contributed by atoms with van der Waals surface area (Å²) in [5.74, 6) is 0.770. The molecule has 1 atom stereocenters. The van der Waals surface area contributed by atoms with Gasteiger partial charge in [-0.2, -0.15) is 0 Å². The van der Waals surface area contributed by atoms with Crippen molar-refractivity contribution in [2.45, 2.75) is 85.5 Å². The number of benzene rings is 2. The lowest BCUT2D eigenvalue weighted by Crippen LogP contribution is -2.24. The molecule has 2 aromatic carbocycles. The van der Waals surface area contributed by atoms with Crippen LogP contribution in [0.15, 0.2) is 60.2 Å². The van der Waals surface area contributed by atoms with Gasteiger partial charge >= 0.3 is 0 Å². The number of aromatic hydroxyl groups is 1. The number of rotatable bonds is 6. The minimum atomic E-state index is -0.414. The summed E-state index contributed by atoms with van der Waals surface area (Å²) in [6.45, 7) is 17.1. The largest absolute Gasteiger partial charge is 0.507 e. The molecule has 1 N–H and O–H groups in total. The van der Waals surface area contributed by atoms with Crippen LogP contribution in [0, 0.1) is 17.2 Å². The molecule has 1 nitrogen and oxygen atoms in total. The number of hydrogen-bond donors (Lipinski definition) is 1. The molecular weight excluding hydrogens is 407 g/mol. The van der Waals surface area contributed by atoms with E-state index in [0.717, 1.165) is 29.5 Å². The van der Waals surface area contributed by atoms with Crippen LogP contribution in [0.5, 0.6) is 5.75 Å². The summed E-state index contributed by atoms with van der Waals surface area (Å²) in [4.78, 5) is 0. The Morgan fingerprint density at radius 2 is 1.42 bits per heavy atom. The van der Waals surface area contributed by atoms with E-state index in [9.17, 15) is 5.11 Å². The van der Waals surface area contributed by atoms with Gasteiger partial charge in [-0.3, -0.25) is 0 Å². The van der Waals surface area contributed by atoms with E-state index in [0.29, 0.717) is 23.7 Å². The van der Waals surface area contributed by atoms with Crippen molar-refractivity contribution >= 4 is 0 Å². The van der Waals surface area contributed by atoms with Gasteiger partial charge in [0.1, 0.15) is 11.6 Å². The topological polar surface area (TPSA) is 20.2 Å². The van der Waals surface area contributed by atoms with Crippen LogP contribution >= 0.6 is 0 Å². The van der Waals surface area contributed by atoms with Crippen molar-refractivity contribution in [2.24, 2.45) is 11.3 Å². The van der Waals surface area contributed by atoms with Crippen molar-refractivity contribution in [3.63, 3.8) is 0 Å². The third-order valence-electron chi connectivity index (χ3n) is 7.15. The Labute approximate surface area is 200 Å². The average Bonchev–Trinajstić information content (AvgIpc) is 2.70. The smallest absolute Gasteiger partial charge is 0.130 e. The van der Waals surface area contributed by atoms with E-state index in [1.807, 2.05) is 57.2 Å². The highest BCUT2D eigenvalue weighted by Crippen LogP contribution is 2.42. The van der Waals surface area contributed by atoms with Crippen LogP contribution in [0.1, 0.15) is 84.1 Å². The Kier molecular flexibility index (Phi) is 6.99. The zero-order valence-electron chi connectivity index (χ0n) is 21.7. The second-order valence-electron chi connectivity index (χ2n) is 12.2. The van der Waals surface area contributed by atoms with Crippen LogP contribution in [0.25, 0.3) is 0 Å². The van der Waals surface area contributed by atoms with E-state index in [1.165, 1.54) is 5.57 Å². The van der Waals surface area contributed by atoms with Crippen molar-refractivity contribution in [1.29, 1.82) is 0 Å². The summed E-state index contributed by atoms with van der Waals surface area (Å²) in [7, 11) is 0. The molecule has 0 radical (unpaired) electrons. The van der Waals surface area contributed by atoms with E-state index < -0.39 is 5.41 Å². The fraction of sp³-hybridized carbons (Fsp3) is 0.484. The zero-order valence-corrected chi connectivity index (χ0v) is 21.7. The van der Waals surface area contributed by atoms with Gasteiger partial charge in [-0.1, -0.05) is 116 Å². The first-order valence-electron chi connectivity index (χ1n) is 12.2. The van der Waals surface area contributed by atoms with Crippen LogP contribution in [-0.2, 0) is 23.7 Å². The minimum Gasteiger partial charge on any atom is -0.507 e. The Bertz CT molecular complexity index is 1060. The summed E-state index contributed by atoms with van der Waals surface area (Å²) in [6, 6.07) is 11.7. The molecule has 0 saturated heterocycles. The molecule has 1 aliphatic carbocycles. The van der Waals surface area contributed by atoms with E-state index in [1.54, 1.807) is 0 Å². The monoisotopic (exact) mass is 448 g/mol. The predicted molar refractivity (Wildman–Crippen MR) is 138 cm³/mol. The molecule has 33 heavy (non-hydrogen) atoms. The molecule has 178 valence electrons. The van der Waals surface area contributed by atoms with Crippen LogP contribution < -0.4 is 0 Å². The Morgan fingerprint density at radius 3 is 2.03 bits per heavy atom. The number of allylic oxidation sites excluding steroid dienone is 4. The number of hydrogen-bond acceptors (Lipinski definition) is 1. The van der Waals surface area contributed by atoms with Crippen LogP contribution in [0.3, 0.4) is 0 Å². The van der Waals surface area contributed by atoms with E-state index in [4.69, 9.17) is 0 Å². The lowest BCUT2D eigenvalue weighted by molar-refractivity contribution is 0.387. The Hall–Kier alpha value is -2.35. The molecule has 0 saturated carbocycles. The minimum absolute atomic E-state index is 0.0492. The first-order chi connectivity index (χ1) is 15.2. The van der Waals surface area contributed by atoms with Crippen molar-refractivity contribution in [3.8, 4) is 5.75 Å². The quantitative estimate of drug-likeness (QED) is 0.470. The summed E-state index contributed by atoms with van der Waals surface area (Å²) in [5.41, 5.74) is 3.97. The number of halogens is 1. The predicted octanol–water partition coefficient (Wildman–Crippen LogP) is 8.44. The van der Waals surface area contributed by atoms with Crippen molar-refractivity contribution in [3.05, 3.63) is 88.3 Å². The number of para-hydroxylation sites is 1. The molecule has 0 heterocycles. The van der Waals surface area contributed by atoms with Crippen molar-refractivity contribution in [2.75, 3.05) is 0 Å². The molecule has 1 aliphatic rings. The molecule has 0 spiro atoms. The van der Waals surface area contributed by atoms with Gasteiger partial charge in [0, 0.05) is 5.56 Å². The van der Waals surface area contributed by atoms with Gasteiger partial charge in [0.05, 0.1) is 0 Å². The van der Waals surface area contributed by atoms with Gasteiger partial charge in [0.2, 0.25) is 0 Å². The van der Waals surface area contributed by atoms with Crippen LogP contribution in [-0.4, -0.2) is 5.11 Å². The summed E-state index contributed by atoms with van der Waals surface area (Å²) in [6.07, 6.45) is 8.98. The van der Waals surface area contributed by atoms with E-state index >= 15 is 4.39 Å². The second-order valence-corrected chi connectivity index (χ2v) is 12.2. The zero-order chi connectivity index (χ0) is 24.6. The maximum Gasteiger partial charge on any atom is 0.130 e. The standard InChI is InChI=1S/C31H41FO/c1-21-12-9-15-24(18-21)30(5,6)20-23-14-11-17-26(28(23)33)31(7,8)19-22-13-10-16-25(27(22)32)29(2,3)4/h9-17,21,33H,18-20H2,1-8H3. The van der Waals surface area contributed by atoms with Gasteiger partial charge in [-0.25, -0.2) is 4.39 Å². The van der Waals surface area contributed by atoms with Gasteiger partial charge in [0.25, 0.3) is 0 Å². The van der Waals surface area contributed by atoms with Gasteiger partial charge in [-0.05, 0) is 58.1 Å². The second kappa shape index (κ2) is 9.12. The lowest BCUT2D eigenvalue weighted by atomic mass is 9.72. The fourth-order valence-corrected chi connectivity index (χ4v) is 5.08. The van der Waals surface area contributed by atoms with Crippen molar-refractivity contribution in [1.82, 2.24) is 0 Å². The molecule has 0 bridgehead atoms. The SMILES string of the molecule is CC1C=CC=C(C(C)(C)Cc2cccc(C(C)(C)Cc3cccc(C(C)(C)C)c3F)c2O)C1. The lowest BCUT2D eigenvalue weighted by Gasteiger charge is -2.33. The normalized spacial score (nSPS) is 17.2. The summed E-state index contributed by atoms with van der Waals surface area (Å²) >= 11 is 0. The van der Waals surface area contributed by atoms with Crippen LogP contribution in [0.4, 0.5) is 4.39 Å². The summed E-state index contributed by atoms with van der Waals surface area (Å²) in [5, 5.41) is 11.3. The van der Waals surface area contributed by atoms with E-state index in [-0.39, 0.29) is 16.6 Å². The highest BCUT2D eigenvalue weighted by molar-refractivity contribution is 5.47. The summed E-state index contributed by atoms with van der Waals surface area (Å²) < 4.78 is 15.4. The number of phenols is 1. The van der Waals surface area contributed by atoms with Gasteiger partial charge in [-0.15, -0.1) is 0 Å². The maximum absolute atomic E-state index is 15.4. The molecule has 3 rings (SSSR count). The third kappa shape index (κ3) is 5.60. The first kappa shape index (κ1) is 25.3. The first-order valence-corrected chi connectivity index (χ1v) is 12.2. The molecule has 0 amide bonds. The number of phenolic OH excluding ortho intramolecular Hbond substituents is 1. The molecule has 2 aromatic rings. The van der Waals surface area contributed by atoms with Gasteiger partial charge in [0.15, 0.2) is 0 Å². The molecule has 0 fully saturated rings. The Balaban J connectivity index is 1.91. The average molecular weight is 449 g/mol. The molecule has 0 aliphatic heterocycles. The van der Waals surface area contributed by atoms with Crippen LogP contribution in [0.2, 0.25) is 0 Å².